The first kappa shape index (κ1) is 37.2. The van der Waals surface area contributed by atoms with Crippen molar-refractivity contribution >= 4 is 35.2 Å². The van der Waals surface area contributed by atoms with Crippen molar-refractivity contribution in [1.29, 1.82) is 0 Å². The zero-order valence-corrected chi connectivity index (χ0v) is 29.8. The summed E-state index contributed by atoms with van der Waals surface area (Å²) in [6.45, 7) is 6.43. The maximum absolute atomic E-state index is 14.3. The number of nitrogens with two attached hydrogens (primary N) is 2. The molecule has 3 aromatic rings. The Labute approximate surface area is 299 Å². The molecule has 0 radical (unpaired) electrons. The van der Waals surface area contributed by atoms with Crippen molar-refractivity contribution in [3.63, 3.8) is 0 Å². The molecular weight excluding hydrogens is 644 g/mol. The van der Waals surface area contributed by atoms with Crippen LogP contribution in [0.5, 0.6) is 0 Å². The van der Waals surface area contributed by atoms with E-state index < -0.39 is 23.9 Å². The van der Waals surface area contributed by atoms with Crippen LogP contribution in [-0.4, -0.2) is 66.2 Å². The molecule has 2 heterocycles. The van der Waals surface area contributed by atoms with Gasteiger partial charge in [-0.2, -0.15) is 0 Å². The first-order valence-corrected chi connectivity index (χ1v) is 18.0. The number of benzene rings is 3. The van der Waals surface area contributed by atoms with E-state index in [1.54, 1.807) is 4.90 Å². The number of fused-ring (bicyclic) bond motifs is 5. The molecule has 51 heavy (non-hydrogen) atoms. The normalized spacial score (nSPS) is 19.1. The van der Waals surface area contributed by atoms with Gasteiger partial charge >= 0.3 is 0 Å². The number of nitrogens with zero attached hydrogens (tertiary/aromatic N) is 1. The van der Waals surface area contributed by atoms with Crippen LogP contribution in [0.25, 0.3) is 11.1 Å². The second kappa shape index (κ2) is 16.8. The lowest BCUT2D eigenvalue weighted by Gasteiger charge is -2.26. The number of anilines is 1. The molecule has 5 rings (SSSR count). The minimum absolute atomic E-state index is 0.0274. The van der Waals surface area contributed by atoms with Gasteiger partial charge in [-0.25, -0.2) is 0 Å². The van der Waals surface area contributed by atoms with Crippen LogP contribution in [0.4, 0.5) is 5.69 Å². The zero-order valence-electron chi connectivity index (χ0n) is 29.8. The van der Waals surface area contributed by atoms with Gasteiger partial charge in [-0.3, -0.25) is 24.0 Å². The van der Waals surface area contributed by atoms with Gasteiger partial charge in [-0.15, -0.1) is 0 Å². The molecule has 0 spiro atoms. The van der Waals surface area contributed by atoms with Crippen molar-refractivity contribution in [2.75, 3.05) is 25.0 Å². The smallest absolute Gasteiger partial charge is 0.254 e. The summed E-state index contributed by atoms with van der Waals surface area (Å²) >= 11 is 0. The monoisotopic (exact) mass is 694 g/mol. The molecule has 1 saturated heterocycles. The van der Waals surface area contributed by atoms with E-state index in [1.807, 2.05) is 62.4 Å². The highest BCUT2D eigenvalue weighted by Crippen LogP contribution is 2.35. The number of nitrogens with one attached hydrogen (secondary N) is 3. The predicted molar refractivity (Wildman–Crippen MR) is 198 cm³/mol. The van der Waals surface area contributed by atoms with Gasteiger partial charge in [0.2, 0.25) is 23.6 Å². The quantitative estimate of drug-likeness (QED) is 0.202. The fraction of sp³-hybridized carbons (Fsp3) is 0.425. The number of hydrogen-bond donors (Lipinski definition) is 5. The Morgan fingerprint density at radius 3 is 2.47 bits per heavy atom. The van der Waals surface area contributed by atoms with Crippen LogP contribution in [0.2, 0.25) is 0 Å². The van der Waals surface area contributed by atoms with E-state index in [-0.39, 0.29) is 43.0 Å². The molecule has 11 heteroatoms. The van der Waals surface area contributed by atoms with Crippen LogP contribution in [0, 0.1) is 19.8 Å². The molecule has 3 atom stereocenters. The maximum atomic E-state index is 14.3. The van der Waals surface area contributed by atoms with Gasteiger partial charge < -0.3 is 32.3 Å². The largest absolute Gasteiger partial charge is 0.368 e. The maximum Gasteiger partial charge on any atom is 0.254 e. The molecule has 5 amide bonds. The Hall–Kier alpha value is -5.03. The summed E-state index contributed by atoms with van der Waals surface area (Å²) < 4.78 is 0. The van der Waals surface area contributed by atoms with Crippen LogP contribution < -0.4 is 27.4 Å². The number of likely N-dealkylation sites (tertiary alicyclic amines) is 1. The summed E-state index contributed by atoms with van der Waals surface area (Å²) in [4.78, 5) is 67.6. The number of carbonyl (C=O) groups excluding carboxylic acids is 5. The fourth-order valence-electron chi connectivity index (χ4n) is 7.16. The first-order valence-electron chi connectivity index (χ1n) is 18.0. The third kappa shape index (κ3) is 9.21. The van der Waals surface area contributed by atoms with Gasteiger partial charge in [0.25, 0.3) is 5.91 Å². The van der Waals surface area contributed by atoms with E-state index in [0.29, 0.717) is 36.3 Å². The van der Waals surface area contributed by atoms with Crippen LogP contribution in [0.3, 0.4) is 0 Å². The third-order valence-corrected chi connectivity index (χ3v) is 9.94. The minimum atomic E-state index is -1.01. The summed E-state index contributed by atoms with van der Waals surface area (Å²) in [5.74, 6) is -2.15. The van der Waals surface area contributed by atoms with Gasteiger partial charge in [0.1, 0.15) is 12.1 Å². The van der Waals surface area contributed by atoms with E-state index in [2.05, 4.69) is 28.9 Å². The van der Waals surface area contributed by atoms with Crippen molar-refractivity contribution in [3.8, 4) is 11.1 Å². The Morgan fingerprint density at radius 1 is 0.941 bits per heavy atom. The summed E-state index contributed by atoms with van der Waals surface area (Å²) in [6.07, 6.45) is 6.21. The summed E-state index contributed by atoms with van der Waals surface area (Å²) in [5.41, 5.74) is 18.6. The third-order valence-electron chi connectivity index (χ3n) is 9.94. The predicted octanol–water partition coefficient (Wildman–Crippen LogP) is 3.71. The van der Waals surface area contributed by atoms with Crippen LogP contribution in [0.15, 0.2) is 54.6 Å². The molecule has 2 aliphatic rings. The number of carbonyl (C=O) groups is 5. The standard InChI is InChI=1S/C40H50N6O5/c1-4-5-6-7-9-26-12-13-31(24(2)14-26)40(51)46-23-29(21-41)19-34(46)39(50)45-37-25(3)15-28-17-32(37)30-11-8-10-27(16-30)20-35(47)43-22-36(48)44-33(18-28)38(42)49/h8,10-17,29,33-34H,4-7,9,18-23,41H2,1-3H3,(H2,42,49)(H,43,47)(H,44,48)(H,45,50)/t29-,33?,34+/m1/s1. The lowest BCUT2D eigenvalue weighted by Crippen LogP contribution is -2.49. The molecule has 2 aliphatic heterocycles. The molecule has 3 aromatic carbocycles. The van der Waals surface area contributed by atoms with Crippen molar-refractivity contribution in [2.24, 2.45) is 17.4 Å². The Kier molecular flexibility index (Phi) is 12.3. The number of amides is 5. The van der Waals surface area contributed by atoms with Crippen molar-refractivity contribution in [3.05, 3.63) is 88.0 Å². The highest BCUT2D eigenvalue weighted by atomic mass is 16.2. The number of primary amides is 1. The molecule has 7 N–H and O–H groups in total. The number of aryl methyl sites for hydroxylation is 3. The van der Waals surface area contributed by atoms with Gasteiger partial charge in [0.05, 0.1) is 18.7 Å². The van der Waals surface area contributed by atoms with E-state index in [9.17, 15) is 24.0 Å². The summed E-state index contributed by atoms with van der Waals surface area (Å²) in [5, 5.41) is 8.36. The molecule has 4 bridgehead atoms. The molecule has 0 saturated carbocycles. The minimum Gasteiger partial charge on any atom is -0.368 e. The lowest BCUT2D eigenvalue weighted by atomic mass is 9.93. The van der Waals surface area contributed by atoms with Crippen LogP contribution >= 0.6 is 0 Å². The summed E-state index contributed by atoms with van der Waals surface area (Å²) in [6, 6.07) is 15.4. The molecule has 0 aromatic heterocycles. The van der Waals surface area contributed by atoms with Gasteiger partial charge in [-0.05, 0) is 91.1 Å². The van der Waals surface area contributed by atoms with E-state index in [1.165, 1.54) is 24.8 Å². The molecule has 1 unspecified atom stereocenters. The molecule has 270 valence electrons. The molecule has 11 nitrogen and oxygen atoms in total. The SMILES string of the molecule is CCCCCCc1ccc(C(=O)N2C[C@@H](CN)C[C@H]2C(=O)Nc2c(C)cc3cc2-c2cccc(c2)CC(=O)NCC(=O)NC(C(N)=O)C3)c(C)c1. The Bertz CT molecular complexity index is 1810. The molecule has 1 fully saturated rings. The second-order valence-electron chi connectivity index (χ2n) is 14.0. The number of rotatable bonds is 10. The highest BCUT2D eigenvalue weighted by Gasteiger charge is 2.40. The topological polar surface area (TPSA) is 177 Å². The number of hydrogen-bond acceptors (Lipinski definition) is 6. The van der Waals surface area contributed by atoms with E-state index >= 15 is 0 Å². The number of unbranched alkanes of at least 4 members (excludes halogenated alkanes) is 3. The average Bonchev–Trinajstić information content (AvgIpc) is 3.54. The second-order valence-corrected chi connectivity index (χ2v) is 14.0. The van der Waals surface area contributed by atoms with Gasteiger partial charge in [-0.1, -0.05) is 68.7 Å². The average molecular weight is 695 g/mol. The van der Waals surface area contributed by atoms with Crippen molar-refractivity contribution in [1.82, 2.24) is 15.5 Å². The highest BCUT2D eigenvalue weighted by molar-refractivity contribution is 6.04. The fourth-order valence-corrected chi connectivity index (χ4v) is 7.16. The van der Waals surface area contributed by atoms with Crippen LogP contribution in [0.1, 0.15) is 77.2 Å². The van der Waals surface area contributed by atoms with Crippen molar-refractivity contribution in [2.45, 2.75) is 84.2 Å². The first-order chi connectivity index (χ1) is 24.5. The molecular formula is C40H50N6O5. The van der Waals surface area contributed by atoms with E-state index in [0.717, 1.165) is 40.7 Å². The Morgan fingerprint density at radius 2 is 1.75 bits per heavy atom. The molecule has 0 aliphatic carbocycles. The van der Waals surface area contributed by atoms with Crippen molar-refractivity contribution < 1.29 is 24.0 Å². The summed E-state index contributed by atoms with van der Waals surface area (Å²) in [7, 11) is 0. The van der Waals surface area contributed by atoms with Gasteiger partial charge in [0.15, 0.2) is 0 Å². The van der Waals surface area contributed by atoms with Gasteiger partial charge in [0, 0.05) is 24.1 Å². The van der Waals surface area contributed by atoms with E-state index in [4.69, 9.17) is 11.5 Å². The zero-order chi connectivity index (χ0) is 36.7. The Balaban J connectivity index is 1.46. The van der Waals surface area contributed by atoms with Crippen LogP contribution in [-0.2, 0) is 38.4 Å². The lowest BCUT2D eigenvalue weighted by molar-refractivity contribution is -0.128.